The zero-order chi connectivity index (χ0) is 20.1. The molecular formula is C23H27N7. The van der Waals surface area contributed by atoms with Gasteiger partial charge < -0.3 is 20.2 Å². The number of imidazole rings is 1. The number of hydrogen-bond acceptors (Lipinski definition) is 5. The molecule has 7 nitrogen and oxygen atoms in total. The van der Waals surface area contributed by atoms with Gasteiger partial charge in [-0.05, 0) is 62.4 Å². The Hall–Kier alpha value is -2.93. The van der Waals surface area contributed by atoms with Gasteiger partial charge in [-0.15, -0.1) is 0 Å². The lowest BCUT2D eigenvalue weighted by atomic mass is 9.97. The lowest BCUT2D eigenvalue weighted by Gasteiger charge is -2.22. The summed E-state index contributed by atoms with van der Waals surface area (Å²) in [6.45, 7) is 3.13. The molecule has 5 heterocycles. The fourth-order valence-corrected chi connectivity index (χ4v) is 4.68. The van der Waals surface area contributed by atoms with Crippen molar-refractivity contribution < 1.29 is 0 Å². The van der Waals surface area contributed by atoms with E-state index in [0.29, 0.717) is 5.92 Å². The minimum Gasteiger partial charge on any atom is -0.370 e. The Morgan fingerprint density at radius 1 is 1.17 bits per heavy atom. The molecule has 1 saturated heterocycles. The lowest BCUT2D eigenvalue weighted by Crippen LogP contribution is -2.27. The summed E-state index contributed by atoms with van der Waals surface area (Å²) >= 11 is 0. The van der Waals surface area contributed by atoms with Crippen LogP contribution in [0.2, 0.25) is 0 Å². The van der Waals surface area contributed by atoms with E-state index in [1.165, 1.54) is 18.7 Å². The molecule has 6 rings (SSSR count). The largest absolute Gasteiger partial charge is 0.370 e. The van der Waals surface area contributed by atoms with E-state index in [2.05, 4.69) is 50.5 Å². The maximum atomic E-state index is 5.16. The van der Waals surface area contributed by atoms with Crippen LogP contribution in [0.5, 0.6) is 0 Å². The Bertz CT molecular complexity index is 1210. The number of nitrogens with one attached hydrogen (secondary N) is 3. The van der Waals surface area contributed by atoms with E-state index in [1.807, 2.05) is 12.4 Å². The molecule has 30 heavy (non-hydrogen) atoms. The molecule has 0 unspecified atom stereocenters. The molecule has 0 atom stereocenters. The van der Waals surface area contributed by atoms with Gasteiger partial charge in [-0.2, -0.15) is 0 Å². The molecule has 2 aliphatic rings. The summed E-state index contributed by atoms with van der Waals surface area (Å²) in [7, 11) is 2.12. The molecule has 0 radical (unpaired) electrons. The van der Waals surface area contributed by atoms with Gasteiger partial charge in [0.05, 0.1) is 17.1 Å². The van der Waals surface area contributed by atoms with Crippen molar-refractivity contribution in [1.29, 1.82) is 0 Å². The number of aromatic amines is 1. The standard InChI is InChI=1S/C23H27N7/c1-30-18-13-28-22-20(21(18)29-23(30)15-4-7-24-8-5-15)17(12-27-22)16-6-9-25-19(10-16)26-11-14-2-3-14/h6,9-10,12-15,24H,2-5,7-8,11H2,1H3,(H,25,26)(H,27,28). The van der Waals surface area contributed by atoms with Gasteiger partial charge in [0.1, 0.15) is 22.8 Å². The van der Waals surface area contributed by atoms with Crippen molar-refractivity contribution in [2.24, 2.45) is 13.0 Å². The van der Waals surface area contributed by atoms with Crippen molar-refractivity contribution >= 4 is 27.9 Å². The lowest BCUT2D eigenvalue weighted by molar-refractivity contribution is 0.438. The molecule has 4 aromatic heterocycles. The topological polar surface area (TPSA) is 83.5 Å². The van der Waals surface area contributed by atoms with Crippen LogP contribution in [0.4, 0.5) is 5.82 Å². The highest BCUT2D eigenvalue weighted by Crippen LogP contribution is 2.36. The van der Waals surface area contributed by atoms with Crippen LogP contribution in [-0.4, -0.2) is 44.1 Å². The predicted octanol–water partition coefficient (Wildman–Crippen LogP) is 3.80. The van der Waals surface area contributed by atoms with E-state index in [0.717, 1.165) is 77.4 Å². The number of rotatable bonds is 5. The van der Waals surface area contributed by atoms with E-state index in [1.54, 1.807) is 0 Å². The minimum absolute atomic E-state index is 0.500. The summed E-state index contributed by atoms with van der Waals surface area (Å²) in [5, 5.41) is 8.04. The van der Waals surface area contributed by atoms with Crippen LogP contribution >= 0.6 is 0 Å². The third-order valence-corrected chi connectivity index (χ3v) is 6.63. The third-order valence-electron chi connectivity index (χ3n) is 6.63. The van der Waals surface area contributed by atoms with E-state index < -0.39 is 0 Å². The molecule has 7 heteroatoms. The van der Waals surface area contributed by atoms with Gasteiger partial charge >= 0.3 is 0 Å². The first kappa shape index (κ1) is 17.9. The Morgan fingerprint density at radius 3 is 2.87 bits per heavy atom. The Morgan fingerprint density at radius 2 is 2.03 bits per heavy atom. The second kappa shape index (κ2) is 7.09. The monoisotopic (exact) mass is 401 g/mol. The van der Waals surface area contributed by atoms with Gasteiger partial charge in [0.2, 0.25) is 0 Å². The average Bonchev–Trinajstić information content (AvgIpc) is 3.42. The zero-order valence-electron chi connectivity index (χ0n) is 17.3. The smallest absolute Gasteiger partial charge is 0.140 e. The summed E-state index contributed by atoms with van der Waals surface area (Å²) in [6, 6.07) is 4.21. The van der Waals surface area contributed by atoms with Crippen molar-refractivity contribution in [1.82, 2.24) is 29.8 Å². The number of aryl methyl sites for hydroxylation is 1. The van der Waals surface area contributed by atoms with Gasteiger partial charge in [0, 0.05) is 37.5 Å². The van der Waals surface area contributed by atoms with Crippen LogP contribution < -0.4 is 10.6 Å². The van der Waals surface area contributed by atoms with Crippen molar-refractivity contribution in [3.63, 3.8) is 0 Å². The number of aromatic nitrogens is 5. The number of nitrogens with zero attached hydrogens (tertiary/aromatic N) is 4. The highest BCUT2D eigenvalue weighted by molar-refractivity contribution is 6.09. The fourth-order valence-electron chi connectivity index (χ4n) is 4.68. The highest BCUT2D eigenvalue weighted by Gasteiger charge is 2.24. The van der Waals surface area contributed by atoms with E-state index in [9.17, 15) is 0 Å². The van der Waals surface area contributed by atoms with Gasteiger partial charge in [0.25, 0.3) is 0 Å². The number of anilines is 1. The first-order valence-corrected chi connectivity index (χ1v) is 11.0. The molecule has 0 bridgehead atoms. The SMILES string of the molecule is Cn1c(C2CCNCC2)nc2c3c(-c4ccnc(NCC5CC5)c4)c[nH]c3ncc21. The summed E-state index contributed by atoms with van der Waals surface area (Å²) < 4.78 is 2.24. The van der Waals surface area contributed by atoms with Crippen LogP contribution in [0, 0.1) is 5.92 Å². The summed E-state index contributed by atoms with van der Waals surface area (Å²) in [5.41, 5.74) is 5.29. The van der Waals surface area contributed by atoms with Crippen LogP contribution in [0.25, 0.3) is 33.2 Å². The van der Waals surface area contributed by atoms with Crippen molar-refractivity contribution in [3.8, 4) is 11.1 Å². The van der Waals surface area contributed by atoms with E-state index in [4.69, 9.17) is 9.97 Å². The number of pyridine rings is 2. The van der Waals surface area contributed by atoms with E-state index in [-0.39, 0.29) is 0 Å². The maximum Gasteiger partial charge on any atom is 0.140 e. The van der Waals surface area contributed by atoms with Crippen molar-refractivity contribution in [2.75, 3.05) is 25.0 Å². The van der Waals surface area contributed by atoms with Gasteiger partial charge in [-0.25, -0.2) is 15.0 Å². The molecule has 4 aromatic rings. The first-order chi connectivity index (χ1) is 14.8. The Kier molecular flexibility index (Phi) is 4.23. The third kappa shape index (κ3) is 3.04. The van der Waals surface area contributed by atoms with Crippen LogP contribution in [0.1, 0.15) is 37.4 Å². The summed E-state index contributed by atoms with van der Waals surface area (Å²) in [4.78, 5) is 17.7. The van der Waals surface area contributed by atoms with E-state index >= 15 is 0 Å². The van der Waals surface area contributed by atoms with Crippen molar-refractivity contribution in [3.05, 3.63) is 36.5 Å². The molecule has 154 valence electrons. The van der Waals surface area contributed by atoms with Crippen LogP contribution in [-0.2, 0) is 7.05 Å². The van der Waals surface area contributed by atoms with Crippen LogP contribution in [0.15, 0.2) is 30.7 Å². The fraction of sp³-hybridized carbons (Fsp3) is 0.435. The quantitative estimate of drug-likeness (QED) is 0.474. The molecule has 1 aliphatic heterocycles. The normalized spacial score (nSPS) is 17.8. The molecule has 1 aliphatic carbocycles. The second-order valence-electron chi connectivity index (χ2n) is 8.73. The minimum atomic E-state index is 0.500. The number of fused-ring (bicyclic) bond motifs is 3. The Labute approximate surface area is 175 Å². The number of piperidine rings is 1. The number of H-pyrrole nitrogens is 1. The average molecular weight is 402 g/mol. The zero-order valence-corrected chi connectivity index (χ0v) is 17.3. The predicted molar refractivity (Wildman–Crippen MR) is 120 cm³/mol. The molecule has 0 amide bonds. The number of hydrogen-bond donors (Lipinski definition) is 3. The molecule has 2 fully saturated rings. The van der Waals surface area contributed by atoms with Crippen molar-refractivity contribution in [2.45, 2.75) is 31.6 Å². The summed E-state index contributed by atoms with van der Waals surface area (Å²) in [5.74, 6) is 3.43. The molecule has 1 saturated carbocycles. The highest BCUT2D eigenvalue weighted by atomic mass is 15.1. The van der Waals surface area contributed by atoms with Gasteiger partial charge in [-0.3, -0.25) is 0 Å². The molecular weight excluding hydrogens is 374 g/mol. The van der Waals surface area contributed by atoms with Gasteiger partial charge in [-0.1, -0.05) is 0 Å². The maximum absolute atomic E-state index is 5.16. The summed E-state index contributed by atoms with van der Waals surface area (Å²) in [6.07, 6.45) is 10.8. The molecule has 3 N–H and O–H groups in total. The second-order valence-corrected chi connectivity index (χ2v) is 8.73. The van der Waals surface area contributed by atoms with Crippen LogP contribution in [0.3, 0.4) is 0 Å². The van der Waals surface area contributed by atoms with Gasteiger partial charge in [0.15, 0.2) is 0 Å². The Balaban J connectivity index is 1.45. The molecule has 0 spiro atoms. The first-order valence-electron chi connectivity index (χ1n) is 11.0. The molecule has 0 aromatic carbocycles.